The van der Waals surface area contributed by atoms with Gasteiger partial charge in [0.2, 0.25) is 0 Å². The molecule has 0 N–H and O–H groups in total. The summed E-state index contributed by atoms with van der Waals surface area (Å²) in [6.45, 7) is 8.26. The van der Waals surface area contributed by atoms with Gasteiger partial charge < -0.3 is 14.0 Å². The molecule has 0 aliphatic rings. The molecule has 0 aromatic rings. The van der Waals surface area contributed by atoms with Crippen LogP contribution in [0.15, 0.2) is 0 Å². The third kappa shape index (κ3) is 14.1. The summed E-state index contributed by atoms with van der Waals surface area (Å²) in [4.78, 5) is 24.1. The molecule has 0 radical (unpaired) electrons. The Morgan fingerprint density at radius 2 is 1.31 bits per heavy atom. The number of carbonyl (C=O) groups is 2. The van der Waals surface area contributed by atoms with Crippen molar-refractivity contribution in [2.45, 2.75) is 90.7 Å². The van der Waals surface area contributed by atoms with E-state index in [1.54, 1.807) is 0 Å². The first-order chi connectivity index (χ1) is 13.2. The maximum Gasteiger partial charge on any atom is 1.00 e. The summed E-state index contributed by atoms with van der Waals surface area (Å²) in [5.41, 5.74) is 0. The molecular weight excluding hydrogens is 448 g/mol. The molecule has 0 saturated carbocycles. The van der Waals surface area contributed by atoms with Crippen molar-refractivity contribution in [1.82, 2.24) is 0 Å². The molecule has 29 heavy (non-hydrogen) atoms. The van der Waals surface area contributed by atoms with E-state index < -0.39 is 33.7 Å². The average Bonchev–Trinajstić information content (AvgIpc) is 2.65. The average molecular weight is 485 g/mol. The van der Waals surface area contributed by atoms with Crippen molar-refractivity contribution >= 4 is 22.1 Å². The smallest absolute Gasteiger partial charge is 0.747 e. The molecule has 0 aliphatic heterocycles. The Labute approximate surface area is 186 Å². The molecule has 0 saturated heterocycles. The summed E-state index contributed by atoms with van der Waals surface area (Å²) < 4.78 is 44.6. The summed E-state index contributed by atoms with van der Waals surface area (Å²) in [6, 6.07) is 0. The van der Waals surface area contributed by atoms with E-state index >= 15 is 0 Å². The maximum atomic E-state index is 12.1. The van der Waals surface area contributed by atoms with Crippen LogP contribution in [0.5, 0.6) is 0 Å². The fraction of sp³-hybridized carbons (Fsp3) is 0.900. The van der Waals surface area contributed by atoms with Gasteiger partial charge >= 0.3 is 29.0 Å². The standard InChI is InChI=1S/C20H38O7S.Cu/c1-5-9-11-16(7-3)14-26-19(21)13-18(28(23,24)25)20(22)27-15-17(8-4)12-10-6-2;/h16-18H,5-15H2,1-4H3,(H,23,24,25);/q;+1/p-1. The summed E-state index contributed by atoms with van der Waals surface area (Å²) >= 11 is 0. The molecule has 0 fully saturated rings. The molecule has 0 bridgehead atoms. The van der Waals surface area contributed by atoms with Gasteiger partial charge in [0, 0.05) is 0 Å². The Morgan fingerprint density at radius 1 is 0.862 bits per heavy atom. The van der Waals surface area contributed by atoms with Crippen LogP contribution in [0.3, 0.4) is 0 Å². The number of esters is 2. The molecule has 176 valence electrons. The summed E-state index contributed by atoms with van der Waals surface area (Å²) in [7, 11) is -5.01. The monoisotopic (exact) mass is 484 g/mol. The second-order valence-corrected chi connectivity index (χ2v) is 8.89. The van der Waals surface area contributed by atoms with E-state index in [0.29, 0.717) is 0 Å². The minimum Gasteiger partial charge on any atom is -0.747 e. The topological polar surface area (TPSA) is 110 Å². The van der Waals surface area contributed by atoms with Crippen LogP contribution >= 0.6 is 0 Å². The van der Waals surface area contributed by atoms with Crippen LogP contribution in [-0.2, 0) is 46.2 Å². The van der Waals surface area contributed by atoms with Gasteiger partial charge in [0.1, 0.15) is 10.1 Å². The molecule has 0 heterocycles. The van der Waals surface area contributed by atoms with E-state index in [4.69, 9.17) is 9.47 Å². The molecule has 3 atom stereocenters. The van der Waals surface area contributed by atoms with Gasteiger partial charge in [-0.15, -0.1) is 0 Å². The van der Waals surface area contributed by atoms with E-state index in [1.807, 2.05) is 13.8 Å². The van der Waals surface area contributed by atoms with Crippen molar-refractivity contribution in [1.29, 1.82) is 0 Å². The number of ether oxygens (including phenoxy) is 2. The van der Waals surface area contributed by atoms with Crippen LogP contribution in [0.4, 0.5) is 0 Å². The Kier molecular flexibility index (Phi) is 18.0. The summed E-state index contributed by atoms with van der Waals surface area (Å²) in [5, 5.41) is -2.06. The number of unbranched alkanes of at least 4 members (excludes halogenated alkanes) is 2. The van der Waals surface area contributed by atoms with Gasteiger partial charge in [0.15, 0.2) is 5.25 Å². The third-order valence-electron chi connectivity index (χ3n) is 4.99. The largest absolute Gasteiger partial charge is 1.00 e. The summed E-state index contributed by atoms with van der Waals surface area (Å²) in [6.07, 6.45) is 6.58. The van der Waals surface area contributed by atoms with Gasteiger partial charge in [-0.25, -0.2) is 8.42 Å². The Balaban J connectivity index is 0. The van der Waals surface area contributed by atoms with Crippen molar-refractivity contribution in [3.05, 3.63) is 0 Å². The van der Waals surface area contributed by atoms with Crippen LogP contribution in [0, 0.1) is 11.8 Å². The number of rotatable bonds is 16. The van der Waals surface area contributed by atoms with Gasteiger partial charge in [-0.1, -0.05) is 66.2 Å². The normalized spacial score (nSPS) is 14.4. The van der Waals surface area contributed by atoms with Crippen LogP contribution in [0.25, 0.3) is 0 Å². The van der Waals surface area contributed by atoms with Crippen molar-refractivity contribution in [2.24, 2.45) is 11.8 Å². The van der Waals surface area contributed by atoms with Crippen molar-refractivity contribution < 1.29 is 49.1 Å². The van der Waals surface area contributed by atoms with E-state index in [2.05, 4.69) is 13.8 Å². The van der Waals surface area contributed by atoms with Crippen LogP contribution < -0.4 is 0 Å². The minimum absolute atomic E-state index is 0. The van der Waals surface area contributed by atoms with E-state index in [-0.39, 0.29) is 42.1 Å². The number of hydrogen-bond donors (Lipinski definition) is 0. The zero-order valence-electron chi connectivity index (χ0n) is 18.1. The van der Waals surface area contributed by atoms with Crippen LogP contribution in [0.1, 0.15) is 85.5 Å². The molecule has 7 nitrogen and oxygen atoms in total. The van der Waals surface area contributed by atoms with E-state index in [1.165, 1.54) is 0 Å². The quantitative estimate of drug-likeness (QED) is 0.186. The van der Waals surface area contributed by atoms with Crippen molar-refractivity contribution in [2.75, 3.05) is 13.2 Å². The Hall–Kier alpha value is -0.631. The molecule has 0 aromatic heterocycles. The zero-order chi connectivity index (χ0) is 21.6. The molecule has 9 heteroatoms. The molecule has 0 amide bonds. The Bertz CT molecular complexity index is 551. The van der Waals surface area contributed by atoms with Gasteiger partial charge in [0.25, 0.3) is 0 Å². The zero-order valence-corrected chi connectivity index (χ0v) is 19.8. The third-order valence-corrected chi connectivity index (χ3v) is 6.05. The molecule has 0 aliphatic carbocycles. The fourth-order valence-corrected chi connectivity index (χ4v) is 3.46. The maximum absolute atomic E-state index is 12.1. The number of hydrogen-bond acceptors (Lipinski definition) is 7. The summed E-state index contributed by atoms with van der Waals surface area (Å²) in [5.74, 6) is -1.74. The van der Waals surface area contributed by atoms with Crippen molar-refractivity contribution in [3.63, 3.8) is 0 Å². The predicted molar refractivity (Wildman–Crippen MR) is 107 cm³/mol. The second kappa shape index (κ2) is 17.1. The Morgan fingerprint density at radius 3 is 1.69 bits per heavy atom. The second-order valence-electron chi connectivity index (χ2n) is 7.33. The number of carbonyl (C=O) groups excluding carboxylic acids is 2. The molecule has 3 unspecified atom stereocenters. The first kappa shape index (κ1) is 30.6. The van der Waals surface area contributed by atoms with E-state index in [9.17, 15) is 22.6 Å². The van der Waals surface area contributed by atoms with Crippen molar-refractivity contribution in [3.8, 4) is 0 Å². The van der Waals surface area contributed by atoms with Gasteiger partial charge in [0.05, 0.1) is 19.6 Å². The first-order valence-electron chi connectivity index (χ1n) is 10.5. The van der Waals surface area contributed by atoms with Crippen LogP contribution in [-0.4, -0.2) is 43.4 Å². The molecular formula is C20H37CuO7S. The molecule has 0 aromatic carbocycles. The van der Waals surface area contributed by atoms with Gasteiger partial charge in [-0.2, -0.15) is 0 Å². The fourth-order valence-electron chi connectivity index (χ4n) is 2.81. The SMILES string of the molecule is CCCCC(CC)COC(=O)CC(C(=O)OCC(CC)CCCC)S(=O)(=O)[O-].[Cu+]. The molecule has 0 spiro atoms. The van der Waals surface area contributed by atoms with Gasteiger partial charge in [-0.3, -0.25) is 9.59 Å². The molecule has 0 rings (SSSR count). The van der Waals surface area contributed by atoms with E-state index in [0.717, 1.165) is 51.4 Å². The predicted octanol–water partition coefficient (Wildman–Crippen LogP) is 3.81. The van der Waals surface area contributed by atoms with Gasteiger partial charge in [-0.05, 0) is 24.7 Å². The van der Waals surface area contributed by atoms with Crippen LogP contribution in [0.2, 0.25) is 0 Å². The first-order valence-corrected chi connectivity index (χ1v) is 11.9. The minimum atomic E-state index is -5.01.